The molecule has 5 nitrogen and oxygen atoms in total. The van der Waals surface area contributed by atoms with Crippen LogP contribution in [0.25, 0.3) is 4.96 Å². The van der Waals surface area contributed by atoms with Crippen LogP contribution in [0.4, 0.5) is 5.82 Å². The van der Waals surface area contributed by atoms with Crippen molar-refractivity contribution < 1.29 is 0 Å². The van der Waals surface area contributed by atoms with E-state index in [-0.39, 0.29) is 6.04 Å². The van der Waals surface area contributed by atoms with Crippen molar-refractivity contribution in [2.75, 3.05) is 31.1 Å². The lowest BCUT2D eigenvalue weighted by molar-refractivity contribution is 0.199. The van der Waals surface area contributed by atoms with Gasteiger partial charge in [0.2, 0.25) is 0 Å². The molecule has 3 heterocycles. The van der Waals surface area contributed by atoms with Crippen LogP contribution >= 0.6 is 11.3 Å². The number of hydrogen-bond donors (Lipinski definition) is 1. The van der Waals surface area contributed by atoms with Crippen LogP contribution < -0.4 is 10.6 Å². The minimum atomic E-state index is 0.151. The Morgan fingerprint density at radius 1 is 1.48 bits per heavy atom. The van der Waals surface area contributed by atoms with E-state index in [1.165, 1.54) is 5.69 Å². The standard InChI is InChI=1S/C15H25N5S/c1-4-18-5-6-19(10-12(18)3)14-13(9-11(2)16)20-7-8-21-15(20)17-14/h7-8,11-12H,4-6,9-10,16H2,1-3H3. The fraction of sp³-hybridized carbons (Fsp3) is 0.667. The molecule has 0 saturated carbocycles. The van der Waals surface area contributed by atoms with Gasteiger partial charge in [-0.05, 0) is 20.4 Å². The van der Waals surface area contributed by atoms with Crippen LogP contribution in [0.5, 0.6) is 0 Å². The van der Waals surface area contributed by atoms with Gasteiger partial charge in [0, 0.05) is 49.7 Å². The zero-order valence-electron chi connectivity index (χ0n) is 13.1. The van der Waals surface area contributed by atoms with Gasteiger partial charge in [-0.25, -0.2) is 4.98 Å². The molecule has 3 rings (SSSR count). The number of fused-ring (bicyclic) bond motifs is 1. The monoisotopic (exact) mass is 307 g/mol. The van der Waals surface area contributed by atoms with Crippen molar-refractivity contribution in [3.8, 4) is 0 Å². The van der Waals surface area contributed by atoms with E-state index >= 15 is 0 Å². The molecule has 1 aliphatic heterocycles. The van der Waals surface area contributed by atoms with Crippen LogP contribution in [0.1, 0.15) is 26.5 Å². The molecular formula is C15H25N5S. The first-order chi connectivity index (χ1) is 10.1. The Labute approximate surface area is 130 Å². The number of imidazole rings is 1. The molecule has 116 valence electrons. The average molecular weight is 307 g/mol. The topological polar surface area (TPSA) is 49.8 Å². The zero-order valence-corrected chi connectivity index (χ0v) is 13.9. The van der Waals surface area contributed by atoms with Gasteiger partial charge in [0.15, 0.2) is 10.8 Å². The van der Waals surface area contributed by atoms with E-state index in [9.17, 15) is 0 Å². The van der Waals surface area contributed by atoms with Crippen molar-refractivity contribution in [2.24, 2.45) is 5.73 Å². The summed E-state index contributed by atoms with van der Waals surface area (Å²) in [5, 5.41) is 2.09. The van der Waals surface area contributed by atoms with Gasteiger partial charge in [-0.1, -0.05) is 6.92 Å². The molecule has 0 aromatic carbocycles. The largest absolute Gasteiger partial charge is 0.352 e. The number of hydrogen-bond acceptors (Lipinski definition) is 5. The number of nitrogens with zero attached hydrogens (tertiary/aromatic N) is 4. The van der Waals surface area contributed by atoms with E-state index in [4.69, 9.17) is 10.7 Å². The van der Waals surface area contributed by atoms with E-state index in [1.807, 2.05) is 0 Å². The van der Waals surface area contributed by atoms with Crippen LogP contribution in [0.2, 0.25) is 0 Å². The molecule has 0 spiro atoms. The number of likely N-dealkylation sites (N-methyl/N-ethyl adjacent to an activating group) is 1. The zero-order chi connectivity index (χ0) is 15.0. The molecule has 0 radical (unpaired) electrons. The van der Waals surface area contributed by atoms with Gasteiger partial charge < -0.3 is 10.6 Å². The summed E-state index contributed by atoms with van der Waals surface area (Å²) in [6.07, 6.45) is 2.98. The van der Waals surface area contributed by atoms with E-state index in [1.54, 1.807) is 11.3 Å². The molecule has 1 saturated heterocycles. The fourth-order valence-electron chi connectivity index (χ4n) is 3.23. The maximum Gasteiger partial charge on any atom is 0.195 e. The average Bonchev–Trinajstić information content (AvgIpc) is 3.01. The smallest absolute Gasteiger partial charge is 0.195 e. The Kier molecular flexibility index (Phi) is 4.19. The third-order valence-corrected chi connectivity index (χ3v) is 5.08. The van der Waals surface area contributed by atoms with Crippen LogP contribution in [-0.4, -0.2) is 52.5 Å². The molecule has 1 aliphatic rings. The first-order valence-electron chi connectivity index (χ1n) is 7.79. The Hall–Kier alpha value is -1.11. The number of anilines is 1. The van der Waals surface area contributed by atoms with Gasteiger partial charge in [-0.3, -0.25) is 9.30 Å². The lowest BCUT2D eigenvalue weighted by Gasteiger charge is -2.39. The van der Waals surface area contributed by atoms with Crippen molar-refractivity contribution in [3.63, 3.8) is 0 Å². The number of aromatic nitrogens is 2. The Morgan fingerprint density at radius 2 is 2.29 bits per heavy atom. The van der Waals surface area contributed by atoms with E-state index < -0.39 is 0 Å². The fourth-order valence-corrected chi connectivity index (χ4v) is 3.95. The van der Waals surface area contributed by atoms with Crippen molar-refractivity contribution >= 4 is 22.1 Å². The molecule has 2 aromatic heterocycles. The second-order valence-electron chi connectivity index (χ2n) is 6.04. The predicted octanol–water partition coefficient (Wildman–Crippen LogP) is 1.82. The molecule has 2 N–H and O–H groups in total. The second-order valence-corrected chi connectivity index (χ2v) is 6.92. The highest BCUT2D eigenvalue weighted by molar-refractivity contribution is 7.15. The molecular weight excluding hydrogens is 282 g/mol. The summed E-state index contributed by atoms with van der Waals surface area (Å²) in [7, 11) is 0. The van der Waals surface area contributed by atoms with Crippen LogP contribution in [0.15, 0.2) is 11.6 Å². The lowest BCUT2D eigenvalue weighted by atomic mass is 10.1. The summed E-state index contributed by atoms with van der Waals surface area (Å²) in [6.45, 7) is 10.9. The predicted molar refractivity (Wildman–Crippen MR) is 89.3 cm³/mol. The van der Waals surface area contributed by atoms with Gasteiger partial charge in [0.25, 0.3) is 0 Å². The minimum Gasteiger partial charge on any atom is -0.352 e. The Morgan fingerprint density at radius 3 is 2.95 bits per heavy atom. The summed E-state index contributed by atoms with van der Waals surface area (Å²) in [6, 6.07) is 0.726. The van der Waals surface area contributed by atoms with Crippen molar-refractivity contribution in [1.29, 1.82) is 0 Å². The number of piperazine rings is 1. The summed E-state index contributed by atoms with van der Waals surface area (Å²) >= 11 is 1.69. The van der Waals surface area contributed by atoms with E-state index in [0.29, 0.717) is 6.04 Å². The Bertz CT molecular complexity index is 602. The van der Waals surface area contributed by atoms with E-state index in [0.717, 1.165) is 43.4 Å². The summed E-state index contributed by atoms with van der Waals surface area (Å²) in [5.74, 6) is 1.14. The van der Waals surface area contributed by atoms with Crippen LogP contribution in [0, 0.1) is 0 Å². The molecule has 2 atom stereocenters. The van der Waals surface area contributed by atoms with Crippen molar-refractivity contribution in [3.05, 3.63) is 17.3 Å². The Balaban J connectivity index is 1.91. The van der Waals surface area contributed by atoms with Gasteiger partial charge >= 0.3 is 0 Å². The number of thiazole rings is 1. The molecule has 0 amide bonds. The molecule has 0 aliphatic carbocycles. The molecule has 2 aromatic rings. The molecule has 1 fully saturated rings. The van der Waals surface area contributed by atoms with Crippen LogP contribution in [-0.2, 0) is 6.42 Å². The summed E-state index contributed by atoms with van der Waals surface area (Å²) < 4.78 is 2.21. The first kappa shape index (κ1) is 14.8. The number of rotatable bonds is 4. The normalized spacial score (nSPS) is 22.1. The van der Waals surface area contributed by atoms with Gasteiger partial charge in [-0.15, -0.1) is 11.3 Å². The quantitative estimate of drug-likeness (QED) is 0.936. The third-order valence-electron chi connectivity index (χ3n) is 4.33. The van der Waals surface area contributed by atoms with Crippen molar-refractivity contribution in [2.45, 2.75) is 39.3 Å². The molecule has 6 heteroatoms. The van der Waals surface area contributed by atoms with Gasteiger partial charge in [0.05, 0.1) is 5.69 Å². The van der Waals surface area contributed by atoms with Crippen molar-refractivity contribution in [1.82, 2.24) is 14.3 Å². The van der Waals surface area contributed by atoms with Gasteiger partial charge in [-0.2, -0.15) is 0 Å². The molecule has 2 unspecified atom stereocenters. The summed E-state index contributed by atoms with van der Waals surface area (Å²) in [4.78, 5) is 10.9. The first-order valence-corrected chi connectivity index (χ1v) is 8.67. The minimum absolute atomic E-state index is 0.151. The highest BCUT2D eigenvalue weighted by Gasteiger charge is 2.27. The number of nitrogens with two attached hydrogens (primary N) is 1. The molecule has 0 bridgehead atoms. The van der Waals surface area contributed by atoms with Gasteiger partial charge in [0.1, 0.15) is 0 Å². The SMILES string of the molecule is CCN1CCN(c2nc3sccn3c2CC(C)N)CC1C. The highest BCUT2D eigenvalue weighted by Crippen LogP contribution is 2.27. The van der Waals surface area contributed by atoms with E-state index in [2.05, 4.69) is 46.5 Å². The second kappa shape index (κ2) is 5.94. The maximum atomic E-state index is 6.05. The third kappa shape index (κ3) is 2.80. The molecule has 21 heavy (non-hydrogen) atoms. The lowest BCUT2D eigenvalue weighted by Crippen LogP contribution is -2.52. The summed E-state index contributed by atoms with van der Waals surface area (Å²) in [5.41, 5.74) is 7.31. The highest BCUT2D eigenvalue weighted by atomic mass is 32.1. The van der Waals surface area contributed by atoms with Crippen LogP contribution in [0.3, 0.4) is 0 Å². The maximum absolute atomic E-state index is 6.05.